The number of halogens is 4. The molecule has 1 N–H and O–H groups in total. The van der Waals surface area contributed by atoms with Gasteiger partial charge in [0.05, 0.1) is 17.3 Å². The Labute approximate surface area is 203 Å². The number of nitrogens with one attached hydrogen (secondary N) is 1. The quantitative estimate of drug-likeness (QED) is 0.351. The largest absolute Gasteiger partial charge is 0.485 e. The zero-order chi connectivity index (χ0) is 25.3. The van der Waals surface area contributed by atoms with Gasteiger partial charge in [-0.1, -0.05) is 23.7 Å². The molecule has 0 spiro atoms. The molecule has 0 radical (unpaired) electrons. The normalized spacial score (nSPS) is 11.8. The van der Waals surface area contributed by atoms with E-state index < -0.39 is 41.6 Å². The number of amides is 1. The zero-order valence-corrected chi connectivity index (χ0v) is 19.3. The molecule has 6 nitrogen and oxygen atoms in total. The predicted molar refractivity (Wildman–Crippen MR) is 123 cm³/mol. The number of hydrogen-bond acceptors (Lipinski definition) is 4. The van der Waals surface area contributed by atoms with Crippen LogP contribution in [0.3, 0.4) is 0 Å². The van der Waals surface area contributed by atoms with Crippen molar-refractivity contribution in [2.24, 2.45) is 0 Å². The summed E-state index contributed by atoms with van der Waals surface area (Å²) in [5.41, 5.74) is 1.37. The number of nitrogens with zero attached hydrogens (tertiary/aromatic N) is 3. The van der Waals surface area contributed by atoms with Crippen molar-refractivity contribution in [1.82, 2.24) is 14.7 Å². The maximum absolute atomic E-state index is 14.0. The number of aromatic nitrogens is 2. The number of carbonyl (C=O) groups is 1. The van der Waals surface area contributed by atoms with Crippen molar-refractivity contribution < 1.29 is 22.7 Å². The van der Waals surface area contributed by atoms with Gasteiger partial charge in [-0.05, 0) is 55.3 Å². The molecule has 4 aromatic rings. The molecular weight excluding hydrogens is 481 g/mol. The Morgan fingerprint density at radius 1 is 1.17 bits per heavy atom. The van der Waals surface area contributed by atoms with E-state index in [1.807, 2.05) is 6.07 Å². The average molecular weight is 499 g/mol. The van der Waals surface area contributed by atoms with Gasteiger partial charge >= 0.3 is 0 Å². The van der Waals surface area contributed by atoms with Crippen LogP contribution < -0.4 is 10.1 Å². The van der Waals surface area contributed by atoms with Crippen LogP contribution in [0.25, 0.3) is 5.65 Å². The number of benzene rings is 2. The molecule has 0 aliphatic carbocycles. The standard InChI is InChI=1S/C25H18ClF3N4O2/c1-13-9-21(35-12-17-18(27)7-8-19(28)22(17)29)24-31-14(2)23(33(24)11-13)25(34)32-20(10-30)15-3-5-16(26)6-4-15/h3-9,11,20H,12H2,1-2H3,(H,32,34). The Balaban J connectivity index is 1.66. The molecular formula is C25H18ClF3N4O2. The van der Waals surface area contributed by atoms with Crippen molar-refractivity contribution >= 4 is 23.2 Å². The van der Waals surface area contributed by atoms with Crippen molar-refractivity contribution in [2.75, 3.05) is 0 Å². The molecule has 178 valence electrons. The summed E-state index contributed by atoms with van der Waals surface area (Å²) in [5.74, 6) is -3.89. The monoisotopic (exact) mass is 498 g/mol. The third kappa shape index (κ3) is 4.79. The third-order valence-corrected chi connectivity index (χ3v) is 5.58. The molecule has 1 unspecified atom stereocenters. The van der Waals surface area contributed by atoms with Crippen LogP contribution in [-0.4, -0.2) is 15.3 Å². The van der Waals surface area contributed by atoms with Gasteiger partial charge in [0.2, 0.25) is 0 Å². The van der Waals surface area contributed by atoms with Crippen LogP contribution in [-0.2, 0) is 6.61 Å². The van der Waals surface area contributed by atoms with Crippen LogP contribution in [0.4, 0.5) is 13.2 Å². The summed E-state index contributed by atoms with van der Waals surface area (Å²) in [6.45, 7) is 2.75. The molecule has 35 heavy (non-hydrogen) atoms. The Kier molecular flexibility index (Phi) is 6.67. The molecule has 0 aliphatic heterocycles. The number of fused-ring (bicyclic) bond motifs is 1. The van der Waals surface area contributed by atoms with Crippen molar-refractivity contribution in [3.05, 3.63) is 99.2 Å². The Morgan fingerprint density at radius 2 is 1.86 bits per heavy atom. The minimum atomic E-state index is -1.34. The van der Waals surface area contributed by atoms with E-state index in [1.165, 1.54) is 4.40 Å². The van der Waals surface area contributed by atoms with Gasteiger partial charge in [-0.2, -0.15) is 5.26 Å². The minimum absolute atomic E-state index is 0.143. The first-order valence-corrected chi connectivity index (χ1v) is 10.8. The Bertz CT molecular complexity index is 1480. The summed E-state index contributed by atoms with van der Waals surface area (Å²) in [5, 5.41) is 12.7. The zero-order valence-electron chi connectivity index (χ0n) is 18.6. The van der Waals surface area contributed by atoms with Gasteiger partial charge in [-0.3, -0.25) is 9.20 Å². The summed E-state index contributed by atoms with van der Waals surface area (Å²) >= 11 is 5.90. The van der Waals surface area contributed by atoms with Crippen LogP contribution >= 0.6 is 11.6 Å². The van der Waals surface area contributed by atoms with Crippen LogP contribution in [0.1, 0.15) is 38.9 Å². The fraction of sp³-hybridized carbons (Fsp3) is 0.160. The summed E-state index contributed by atoms with van der Waals surface area (Å²) in [7, 11) is 0. The summed E-state index contributed by atoms with van der Waals surface area (Å²) in [6.07, 6.45) is 1.64. The van der Waals surface area contributed by atoms with E-state index in [4.69, 9.17) is 16.3 Å². The second kappa shape index (κ2) is 9.68. The van der Waals surface area contributed by atoms with Gasteiger partial charge in [-0.15, -0.1) is 0 Å². The molecule has 0 fully saturated rings. The van der Waals surface area contributed by atoms with Gasteiger partial charge in [0.15, 0.2) is 23.0 Å². The van der Waals surface area contributed by atoms with Crippen molar-refractivity contribution in [1.29, 1.82) is 5.26 Å². The first-order valence-electron chi connectivity index (χ1n) is 10.4. The number of hydrogen-bond donors (Lipinski definition) is 1. The van der Waals surface area contributed by atoms with E-state index in [0.717, 1.165) is 6.07 Å². The van der Waals surface area contributed by atoms with Gasteiger partial charge in [0.1, 0.15) is 24.2 Å². The fourth-order valence-electron chi connectivity index (χ4n) is 3.63. The molecule has 4 rings (SSSR count). The first-order chi connectivity index (χ1) is 16.7. The molecule has 2 heterocycles. The van der Waals surface area contributed by atoms with Crippen LogP contribution in [0.5, 0.6) is 5.75 Å². The SMILES string of the molecule is Cc1cc(OCc2c(F)ccc(F)c2F)c2nc(C)c(C(=O)NC(C#N)c3ccc(Cl)cc3)n2c1. The lowest BCUT2D eigenvalue weighted by Crippen LogP contribution is -2.29. The molecule has 2 aromatic carbocycles. The highest BCUT2D eigenvalue weighted by molar-refractivity contribution is 6.30. The Morgan fingerprint density at radius 3 is 2.54 bits per heavy atom. The van der Waals surface area contributed by atoms with E-state index in [0.29, 0.717) is 27.9 Å². The molecule has 1 atom stereocenters. The molecule has 0 aliphatic rings. The summed E-state index contributed by atoms with van der Waals surface area (Å²) in [6, 6.07) is 10.7. The topological polar surface area (TPSA) is 79.4 Å². The lowest BCUT2D eigenvalue weighted by atomic mass is 10.1. The lowest BCUT2D eigenvalue weighted by molar-refractivity contribution is 0.0938. The molecule has 10 heteroatoms. The molecule has 2 aromatic heterocycles. The van der Waals surface area contributed by atoms with Gasteiger partial charge in [0, 0.05) is 11.2 Å². The summed E-state index contributed by atoms with van der Waals surface area (Å²) in [4.78, 5) is 17.5. The van der Waals surface area contributed by atoms with Gasteiger partial charge in [0.25, 0.3) is 5.91 Å². The van der Waals surface area contributed by atoms with Crippen molar-refractivity contribution in [3.8, 4) is 11.8 Å². The number of carbonyl (C=O) groups excluding carboxylic acids is 1. The summed E-state index contributed by atoms with van der Waals surface area (Å²) < 4.78 is 48.7. The average Bonchev–Trinajstić information content (AvgIpc) is 3.16. The van der Waals surface area contributed by atoms with Crippen molar-refractivity contribution in [3.63, 3.8) is 0 Å². The molecule has 0 saturated carbocycles. The number of ether oxygens (including phenoxy) is 1. The maximum atomic E-state index is 14.0. The molecule has 0 saturated heterocycles. The van der Waals surface area contributed by atoms with E-state index in [9.17, 15) is 23.2 Å². The van der Waals surface area contributed by atoms with Crippen LogP contribution in [0.15, 0.2) is 48.7 Å². The Hall–Kier alpha value is -4.03. The van der Waals surface area contributed by atoms with E-state index in [-0.39, 0.29) is 17.1 Å². The number of rotatable bonds is 6. The second-order valence-corrected chi connectivity index (χ2v) is 8.26. The fourth-order valence-corrected chi connectivity index (χ4v) is 3.76. The molecule has 1 amide bonds. The second-order valence-electron chi connectivity index (χ2n) is 7.82. The first kappa shape index (κ1) is 24.1. The van der Waals surface area contributed by atoms with Gasteiger partial charge in [-0.25, -0.2) is 18.2 Å². The predicted octanol–water partition coefficient (Wildman–Crippen LogP) is 5.60. The van der Waals surface area contributed by atoms with Gasteiger partial charge < -0.3 is 10.1 Å². The highest BCUT2D eigenvalue weighted by Gasteiger charge is 2.23. The third-order valence-electron chi connectivity index (χ3n) is 5.33. The maximum Gasteiger partial charge on any atom is 0.271 e. The highest BCUT2D eigenvalue weighted by Crippen LogP contribution is 2.27. The molecule has 0 bridgehead atoms. The lowest BCUT2D eigenvalue weighted by Gasteiger charge is -2.13. The van der Waals surface area contributed by atoms with Crippen LogP contribution in [0, 0.1) is 42.6 Å². The van der Waals surface area contributed by atoms with E-state index in [2.05, 4.69) is 10.3 Å². The van der Waals surface area contributed by atoms with Crippen LogP contribution in [0.2, 0.25) is 5.02 Å². The number of imidazole rings is 1. The number of aryl methyl sites for hydroxylation is 2. The number of nitriles is 1. The van der Waals surface area contributed by atoms with E-state index in [1.54, 1.807) is 50.4 Å². The highest BCUT2D eigenvalue weighted by atomic mass is 35.5. The van der Waals surface area contributed by atoms with Crippen molar-refractivity contribution in [2.45, 2.75) is 26.5 Å². The van der Waals surface area contributed by atoms with E-state index >= 15 is 0 Å². The minimum Gasteiger partial charge on any atom is -0.485 e. The smallest absolute Gasteiger partial charge is 0.271 e. The number of pyridine rings is 1.